The van der Waals surface area contributed by atoms with Gasteiger partial charge in [0.05, 0.1) is 11.3 Å². The number of nitrogens with zero attached hydrogens (tertiary/aromatic N) is 2. The van der Waals surface area contributed by atoms with Crippen molar-refractivity contribution in [2.75, 3.05) is 0 Å². The summed E-state index contributed by atoms with van der Waals surface area (Å²) in [6, 6.07) is 7.07. The molecule has 0 radical (unpaired) electrons. The third-order valence-corrected chi connectivity index (χ3v) is 2.33. The van der Waals surface area contributed by atoms with Crippen LogP contribution in [0.25, 0.3) is 11.3 Å². The van der Waals surface area contributed by atoms with E-state index in [2.05, 4.69) is 5.10 Å². The Bertz CT molecular complexity index is 544. The zero-order valence-electron chi connectivity index (χ0n) is 9.14. The summed E-state index contributed by atoms with van der Waals surface area (Å²) >= 11 is 0. The van der Waals surface area contributed by atoms with E-state index in [0.717, 1.165) is 16.8 Å². The first kappa shape index (κ1) is 10.4. The van der Waals surface area contributed by atoms with E-state index in [1.165, 1.54) is 0 Å². The minimum atomic E-state index is -0.916. The van der Waals surface area contributed by atoms with Gasteiger partial charge in [-0.1, -0.05) is 0 Å². The predicted molar refractivity (Wildman–Crippen MR) is 60.3 cm³/mol. The number of carboxylic acid groups (broad SMARTS) is 1. The van der Waals surface area contributed by atoms with Gasteiger partial charge in [-0.05, 0) is 36.8 Å². The van der Waals surface area contributed by atoms with Crippen LogP contribution in [0, 0.1) is 6.92 Å². The summed E-state index contributed by atoms with van der Waals surface area (Å²) < 4.78 is 1.69. The highest BCUT2D eigenvalue weighted by Gasteiger charge is 2.08. The van der Waals surface area contributed by atoms with Gasteiger partial charge in [0, 0.05) is 18.8 Å². The Labute approximate surface area is 93.1 Å². The van der Waals surface area contributed by atoms with Crippen LogP contribution in [-0.2, 0) is 7.05 Å². The van der Waals surface area contributed by atoms with Gasteiger partial charge in [-0.2, -0.15) is 5.10 Å². The Balaban J connectivity index is 2.53. The molecule has 1 aromatic carbocycles. The molecule has 1 heterocycles. The van der Waals surface area contributed by atoms with Crippen LogP contribution in [0.2, 0.25) is 0 Å². The van der Waals surface area contributed by atoms with Crippen LogP contribution < -0.4 is 0 Å². The first-order valence-corrected chi connectivity index (χ1v) is 4.91. The van der Waals surface area contributed by atoms with Crippen molar-refractivity contribution < 1.29 is 9.90 Å². The molecule has 82 valence electrons. The third-order valence-electron chi connectivity index (χ3n) is 2.33. The quantitative estimate of drug-likeness (QED) is 0.836. The van der Waals surface area contributed by atoms with Crippen molar-refractivity contribution >= 4 is 5.97 Å². The van der Waals surface area contributed by atoms with E-state index in [9.17, 15) is 4.79 Å². The SMILES string of the molecule is Cc1cc(C(=O)O)cc(-c2ccn(C)n2)c1. The summed E-state index contributed by atoms with van der Waals surface area (Å²) in [5.41, 5.74) is 2.83. The molecule has 0 aliphatic heterocycles. The zero-order chi connectivity index (χ0) is 11.7. The molecule has 1 aromatic heterocycles. The van der Waals surface area contributed by atoms with Crippen LogP contribution in [-0.4, -0.2) is 20.9 Å². The number of hydrogen-bond donors (Lipinski definition) is 1. The number of rotatable bonds is 2. The Morgan fingerprint density at radius 1 is 1.38 bits per heavy atom. The molecule has 2 rings (SSSR count). The molecule has 4 heteroatoms. The Morgan fingerprint density at radius 3 is 2.69 bits per heavy atom. The maximum Gasteiger partial charge on any atom is 0.335 e. The third kappa shape index (κ3) is 1.95. The van der Waals surface area contributed by atoms with Gasteiger partial charge in [-0.15, -0.1) is 0 Å². The van der Waals surface area contributed by atoms with Crippen molar-refractivity contribution in [3.8, 4) is 11.3 Å². The van der Waals surface area contributed by atoms with Crippen LogP contribution in [0.1, 0.15) is 15.9 Å². The topological polar surface area (TPSA) is 55.1 Å². The summed E-state index contributed by atoms with van der Waals surface area (Å²) in [7, 11) is 1.83. The second kappa shape index (κ2) is 3.81. The smallest absolute Gasteiger partial charge is 0.335 e. The zero-order valence-corrected chi connectivity index (χ0v) is 9.14. The summed E-state index contributed by atoms with van der Waals surface area (Å²) in [5.74, 6) is -0.916. The van der Waals surface area contributed by atoms with Crippen molar-refractivity contribution in [3.05, 3.63) is 41.6 Å². The maximum absolute atomic E-state index is 10.9. The molecule has 4 nitrogen and oxygen atoms in total. The molecule has 0 atom stereocenters. The minimum absolute atomic E-state index is 0.292. The van der Waals surface area contributed by atoms with E-state index in [1.807, 2.05) is 32.3 Å². The second-order valence-corrected chi connectivity index (χ2v) is 3.77. The molecular formula is C12H12N2O2. The Morgan fingerprint density at radius 2 is 2.12 bits per heavy atom. The van der Waals surface area contributed by atoms with Crippen LogP contribution >= 0.6 is 0 Å². The van der Waals surface area contributed by atoms with Gasteiger partial charge in [0.2, 0.25) is 0 Å². The number of aromatic carboxylic acids is 1. The molecule has 16 heavy (non-hydrogen) atoms. The highest BCUT2D eigenvalue weighted by atomic mass is 16.4. The number of aryl methyl sites for hydroxylation is 2. The van der Waals surface area contributed by atoms with Gasteiger partial charge in [0.25, 0.3) is 0 Å². The largest absolute Gasteiger partial charge is 0.478 e. The number of aromatic nitrogens is 2. The average Bonchev–Trinajstić information content (AvgIpc) is 2.64. The Hall–Kier alpha value is -2.10. The summed E-state index contributed by atoms with van der Waals surface area (Å²) in [5, 5.41) is 13.2. The standard InChI is InChI=1S/C12H12N2O2/c1-8-5-9(7-10(6-8)12(15)16)11-3-4-14(2)13-11/h3-7H,1-2H3,(H,15,16). The van der Waals surface area contributed by atoms with Crippen molar-refractivity contribution in [3.63, 3.8) is 0 Å². The van der Waals surface area contributed by atoms with E-state index in [-0.39, 0.29) is 0 Å². The fraction of sp³-hybridized carbons (Fsp3) is 0.167. The van der Waals surface area contributed by atoms with Crippen molar-refractivity contribution in [1.82, 2.24) is 9.78 Å². The molecule has 0 fully saturated rings. The van der Waals surface area contributed by atoms with Crippen LogP contribution in [0.3, 0.4) is 0 Å². The fourth-order valence-electron chi connectivity index (χ4n) is 1.62. The molecule has 1 N–H and O–H groups in total. The lowest BCUT2D eigenvalue weighted by Gasteiger charge is -2.02. The average molecular weight is 216 g/mol. The van der Waals surface area contributed by atoms with Gasteiger partial charge >= 0.3 is 5.97 Å². The molecule has 0 saturated carbocycles. The van der Waals surface area contributed by atoms with E-state index < -0.39 is 5.97 Å². The minimum Gasteiger partial charge on any atom is -0.478 e. The molecule has 0 aliphatic rings. The van der Waals surface area contributed by atoms with Crippen LogP contribution in [0.4, 0.5) is 0 Å². The number of carboxylic acids is 1. The maximum atomic E-state index is 10.9. The molecule has 0 amide bonds. The summed E-state index contributed by atoms with van der Waals surface area (Å²) in [6.07, 6.45) is 1.83. The molecule has 2 aromatic rings. The normalized spacial score (nSPS) is 10.4. The fourth-order valence-corrected chi connectivity index (χ4v) is 1.62. The van der Waals surface area contributed by atoms with Crippen molar-refractivity contribution in [2.24, 2.45) is 7.05 Å². The second-order valence-electron chi connectivity index (χ2n) is 3.77. The van der Waals surface area contributed by atoms with Crippen LogP contribution in [0.15, 0.2) is 30.5 Å². The van der Waals surface area contributed by atoms with E-state index >= 15 is 0 Å². The number of hydrogen-bond acceptors (Lipinski definition) is 2. The Kier molecular flexibility index (Phi) is 2.48. The molecule has 0 aliphatic carbocycles. The van der Waals surface area contributed by atoms with E-state index in [0.29, 0.717) is 5.56 Å². The first-order chi connectivity index (χ1) is 7.56. The molecule has 0 bridgehead atoms. The van der Waals surface area contributed by atoms with Crippen molar-refractivity contribution in [2.45, 2.75) is 6.92 Å². The highest BCUT2D eigenvalue weighted by Crippen LogP contribution is 2.20. The molecular weight excluding hydrogens is 204 g/mol. The molecule has 0 spiro atoms. The molecule has 0 unspecified atom stereocenters. The van der Waals surface area contributed by atoms with Gasteiger partial charge in [-0.25, -0.2) is 4.79 Å². The lowest BCUT2D eigenvalue weighted by atomic mass is 10.0. The van der Waals surface area contributed by atoms with E-state index in [4.69, 9.17) is 5.11 Å². The first-order valence-electron chi connectivity index (χ1n) is 4.91. The van der Waals surface area contributed by atoms with Gasteiger partial charge in [-0.3, -0.25) is 4.68 Å². The van der Waals surface area contributed by atoms with Crippen LogP contribution in [0.5, 0.6) is 0 Å². The summed E-state index contributed by atoms with van der Waals surface area (Å²) in [6.45, 7) is 1.87. The van der Waals surface area contributed by atoms with Crippen molar-refractivity contribution in [1.29, 1.82) is 0 Å². The number of carbonyl (C=O) groups is 1. The monoisotopic (exact) mass is 216 g/mol. The van der Waals surface area contributed by atoms with E-state index in [1.54, 1.807) is 16.8 Å². The lowest BCUT2D eigenvalue weighted by molar-refractivity contribution is 0.0697. The molecule has 0 saturated heterocycles. The summed E-state index contributed by atoms with van der Waals surface area (Å²) in [4.78, 5) is 10.9. The van der Waals surface area contributed by atoms with Gasteiger partial charge in [0.15, 0.2) is 0 Å². The lowest BCUT2D eigenvalue weighted by Crippen LogP contribution is -1.97. The highest BCUT2D eigenvalue weighted by molar-refractivity contribution is 5.89. The van der Waals surface area contributed by atoms with Gasteiger partial charge < -0.3 is 5.11 Å². The van der Waals surface area contributed by atoms with Gasteiger partial charge in [0.1, 0.15) is 0 Å². The predicted octanol–water partition coefficient (Wildman–Crippen LogP) is 2.09. The number of benzene rings is 1.